The number of aliphatic carboxylic acids is 1. The van der Waals surface area contributed by atoms with Crippen molar-refractivity contribution in [2.24, 2.45) is 11.8 Å². The number of carbonyl (C=O) groups is 2. The number of benzene rings is 1. The van der Waals surface area contributed by atoms with Crippen LogP contribution in [0, 0.1) is 22.0 Å². The molecule has 1 aromatic carbocycles. The molecule has 1 aliphatic rings. The summed E-state index contributed by atoms with van der Waals surface area (Å²) in [5.41, 5.74) is 0.370. The normalized spacial score (nSPS) is 21.5. The van der Waals surface area contributed by atoms with Crippen molar-refractivity contribution in [3.05, 3.63) is 34.4 Å². The zero-order valence-electron chi connectivity index (χ0n) is 11.3. The summed E-state index contributed by atoms with van der Waals surface area (Å²) >= 11 is 0. The van der Waals surface area contributed by atoms with Gasteiger partial charge in [0, 0.05) is 17.8 Å². The molecule has 0 radical (unpaired) electrons. The number of amides is 1. The number of nitro groups is 1. The number of rotatable bonds is 4. The third-order valence-corrected chi connectivity index (χ3v) is 3.77. The SMILES string of the molecule is O=C(O)[C@H]1CCCC[C@H]1C(=O)Nc1ccc([N+](=O)[O-])cc1. The monoisotopic (exact) mass is 292 g/mol. The summed E-state index contributed by atoms with van der Waals surface area (Å²) in [5, 5.41) is 22.4. The van der Waals surface area contributed by atoms with E-state index in [0.717, 1.165) is 12.8 Å². The Balaban J connectivity index is 2.05. The van der Waals surface area contributed by atoms with E-state index in [9.17, 15) is 19.7 Å². The highest BCUT2D eigenvalue weighted by molar-refractivity contribution is 5.95. The first kappa shape index (κ1) is 15.0. The molecular formula is C14H16N2O5. The number of carboxylic acids is 1. The Morgan fingerprint density at radius 1 is 1.14 bits per heavy atom. The summed E-state index contributed by atoms with van der Waals surface area (Å²) in [4.78, 5) is 33.4. The minimum Gasteiger partial charge on any atom is -0.481 e. The molecule has 2 atom stereocenters. The summed E-state index contributed by atoms with van der Waals surface area (Å²) in [6.45, 7) is 0. The molecule has 1 aliphatic carbocycles. The highest BCUT2D eigenvalue weighted by Crippen LogP contribution is 2.31. The second-order valence-electron chi connectivity index (χ2n) is 5.13. The highest BCUT2D eigenvalue weighted by atomic mass is 16.6. The van der Waals surface area contributed by atoms with Gasteiger partial charge in [-0.1, -0.05) is 12.8 Å². The molecule has 2 rings (SSSR count). The molecule has 0 unspecified atom stereocenters. The molecule has 0 heterocycles. The van der Waals surface area contributed by atoms with Crippen LogP contribution in [0.4, 0.5) is 11.4 Å². The molecule has 112 valence electrons. The number of hydrogen-bond acceptors (Lipinski definition) is 4. The number of nitro benzene ring substituents is 1. The molecule has 1 saturated carbocycles. The molecule has 0 aliphatic heterocycles. The van der Waals surface area contributed by atoms with Crippen molar-refractivity contribution in [3.8, 4) is 0 Å². The summed E-state index contributed by atoms with van der Waals surface area (Å²) in [6.07, 6.45) is 2.71. The number of carboxylic acid groups (broad SMARTS) is 1. The summed E-state index contributed by atoms with van der Waals surface area (Å²) < 4.78 is 0. The van der Waals surface area contributed by atoms with Gasteiger partial charge >= 0.3 is 5.97 Å². The van der Waals surface area contributed by atoms with Crippen molar-refractivity contribution in [2.75, 3.05) is 5.32 Å². The van der Waals surface area contributed by atoms with Gasteiger partial charge in [0.15, 0.2) is 0 Å². The highest BCUT2D eigenvalue weighted by Gasteiger charge is 2.35. The maximum Gasteiger partial charge on any atom is 0.307 e. The standard InChI is InChI=1S/C14H16N2O5/c17-13(11-3-1-2-4-12(11)14(18)19)15-9-5-7-10(8-6-9)16(20)21/h5-8,11-12H,1-4H2,(H,15,17)(H,18,19)/t11-,12+/m1/s1. The Hall–Kier alpha value is -2.44. The molecule has 1 fully saturated rings. The van der Waals surface area contributed by atoms with Gasteiger partial charge in [-0.15, -0.1) is 0 Å². The predicted octanol–water partition coefficient (Wildman–Crippen LogP) is 2.42. The van der Waals surface area contributed by atoms with E-state index < -0.39 is 22.7 Å². The van der Waals surface area contributed by atoms with Crippen LogP contribution in [-0.2, 0) is 9.59 Å². The first-order chi connectivity index (χ1) is 9.99. The van der Waals surface area contributed by atoms with Crippen molar-refractivity contribution >= 4 is 23.3 Å². The molecule has 7 heteroatoms. The first-order valence-corrected chi connectivity index (χ1v) is 6.77. The van der Waals surface area contributed by atoms with Crippen LogP contribution in [0.25, 0.3) is 0 Å². The second-order valence-corrected chi connectivity index (χ2v) is 5.13. The Kier molecular flexibility index (Phi) is 4.52. The summed E-state index contributed by atoms with van der Waals surface area (Å²) in [7, 11) is 0. The smallest absolute Gasteiger partial charge is 0.307 e. The van der Waals surface area contributed by atoms with Crippen LogP contribution < -0.4 is 5.32 Å². The van der Waals surface area contributed by atoms with E-state index in [1.807, 2.05) is 0 Å². The van der Waals surface area contributed by atoms with Crippen molar-refractivity contribution in [1.29, 1.82) is 0 Å². The van der Waals surface area contributed by atoms with Gasteiger partial charge in [0.25, 0.3) is 5.69 Å². The Morgan fingerprint density at radius 2 is 1.71 bits per heavy atom. The first-order valence-electron chi connectivity index (χ1n) is 6.77. The van der Waals surface area contributed by atoms with Gasteiger partial charge in [-0.2, -0.15) is 0 Å². The molecule has 0 bridgehead atoms. The van der Waals surface area contributed by atoms with Gasteiger partial charge in [-0.05, 0) is 25.0 Å². The van der Waals surface area contributed by atoms with Crippen LogP contribution in [0.3, 0.4) is 0 Å². The molecule has 0 aromatic heterocycles. The largest absolute Gasteiger partial charge is 0.481 e. The average molecular weight is 292 g/mol. The fraction of sp³-hybridized carbons (Fsp3) is 0.429. The Labute approximate surface area is 121 Å². The van der Waals surface area contributed by atoms with Gasteiger partial charge in [0.2, 0.25) is 5.91 Å². The lowest BCUT2D eigenvalue weighted by atomic mass is 9.78. The quantitative estimate of drug-likeness (QED) is 0.654. The lowest BCUT2D eigenvalue weighted by Gasteiger charge is -2.27. The number of anilines is 1. The zero-order valence-corrected chi connectivity index (χ0v) is 11.3. The fourth-order valence-electron chi connectivity index (χ4n) is 2.64. The fourth-order valence-corrected chi connectivity index (χ4v) is 2.64. The van der Waals surface area contributed by atoms with Crippen LogP contribution in [-0.4, -0.2) is 21.9 Å². The zero-order chi connectivity index (χ0) is 15.4. The van der Waals surface area contributed by atoms with E-state index in [0.29, 0.717) is 18.5 Å². The molecule has 2 N–H and O–H groups in total. The van der Waals surface area contributed by atoms with Crippen LogP contribution >= 0.6 is 0 Å². The average Bonchev–Trinajstić information content (AvgIpc) is 2.47. The third-order valence-electron chi connectivity index (χ3n) is 3.77. The van der Waals surface area contributed by atoms with Crippen molar-refractivity contribution in [3.63, 3.8) is 0 Å². The Bertz CT molecular complexity index is 555. The lowest BCUT2D eigenvalue weighted by Crippen LogP contribution is -2.36. The van der Waals surface area contributed by atoms with Crippen molar-refractivity contribution < 1.29 is 19.6 Å². The van der Waals surface area contributed by atoms with E-state index in [-0.39, 0.29) is 11.6 Å². The van der Waals surface area contributed by atoms with Crippen molar-refractivity contribution in [1.82, 2.24) is 0 Å². The van der Waals surface area contributed by atoms with E-state index in [1.54, 1.807) is 0 Å². The van der Waals surface area contributed by atoms with E-state index >= 15 is 0 Å². The minimum atomic E-state index is -0.946. The Morgan fingerprint density at radius 3 is 2.24 bits per heavy atom. The predicted molar refractivity (Wildman–Crippen MR) is 74.8 cm³/mol. The number of nitrogens with zero attached hydrogens (tertiary/aromatic N) is 1. The molecule has 0 saturated heterocycles. The molecule has 21 heavy (non-hydrogen) atoms. The maximum absolute atomic E-state index is 12.2. The van der Waals surface area contributed by atoms with Gasteiger partial charge in [-0.3, -0.25) is 19.7 Å². The van der Waals surface area contributed by atoms with Gasteiger partial charge in [0.05, 0.1) is 16.8 Å². The maximum atomic E-state index is 12.2. The van der Waals surface area contributed by atoms with E-state index in [4.69, 9.17) is 5.11 Å². The van der Waals surface area contributed by atoms with E-state index in [1.165, 1.54) is 24.3 Å². The topological polar surface area (TPSA) is 110 Å². The van der Waals surface area contributed by atoms with Crippen molar-refractivity contribution in [2.45, 2.75) is 25.7 Å². The van der Waals surface area contributed by atoms with E-state index in [2.05, 4.69) is 5.32 Å². The minimum absolute atomic E-state index is 0.0610. The molecular weight excluding hydrogens is 276 g/mol. The van der Waals surface area contributed by atoms with Crippen LogP contribution in [0.2, 0.25) is 0 Å². The summed E-state index contributed by atoms with van der Waals surface area (Å²) in [6, 6.07) is 5.47. The number of nitrogens with one attached hydrogen (secondary N) is 1. The molecule has 1 amide bonds. The van der Waals surface area contributed by atoms with Crippen LogP contribution in [0.1, 0.15) is 25.7 Å². The number of hydrogen-bond donors (Lipinski definition) is 2. The van der Waals surface area contributed by atoms with Crippen LogP contribution in [0.15, 0.2) is 24.3 Å². The molecule has 1 aromatic rings. The third kappa shape index (κ3) is 3.56. The molecule has 0 spiro atoms. The van der Waals surface area contributed by atoms with Gasteiger partial charge in [0.1, 0.15) is 0 Å². The summed E-state index contributed by atoms with van der Waals surface area (Å²) in [5.74, 6) is -2.49. The van der Waals surface area contributed by atoms with Crippen LogP contribution in [0.5, 0.6) is 0 Å². The van der Waals surface area contributed by atoms with Gasteiger partial charge in [-0.25, -0.2) is 0 Å². The second kappa shape index (κ2) is 6.34. The van der Waals surface area contributed by atoms with Gasteiger partial charge < -0.3 is 10.4 Å². The number of non-ortho nitro benzene ring substituents is 1. The lowest BCUT2D eigenvalue weighted by molar-refractivity contribution is -0.384. The number of carbonyl (C=O) groups excluding carboxylic acids is 1. The molecule has 7 nitrogen and oxygen atoms in total.